The molecule has 1 atom stereocenters. The van der Waals surface area contributed by atoms with Gasteiger partial charge in [-0.2, -0.15) is 0 Å². The number of anilines is 1. The van der Waals surface area contributed by atoms with Crippen LogP contribution < -0.4 is 10.6 Å². The van der Waals surface area contributed by atoms with Gasteiger partial charge in [0.05, 0.1) is 5.56 Å². The molecule has 0 bridgehead atoms. The summed E-state index contributed by atoms with van der Waals surface area (Å²) < 4.78 is -1.76. The quantitative estimate of drug-likeness (QED) is 0.221. The van der Waals surface area contributed by atoms with E-state index in [2.05, 4.69) is 17.6 Å². The zero-order valence-corrected chi connectivity index (χ0v) is 17.7. The summed E-state index contributed by atoms with van der Waals surface area (Å²) in [6.45, 7) is 2.18. The molecule has 1 unspecified atom stereocenters. The largest absolute Gasteiger partial charge is 0.478 e. The number of halogens is 3. The smallest absolute Gasteiger partial charge is 0.335 e. The van der Waals surface area contributed by atoms with Crippen molar-refractivity contribution in [3.8, 4) is 0 Å². The Morgan fingerprint density at radius 1 is 1.00 bits per heavy atom. The molecule has 0 heterocycles. The summed E-state index contributed by atoms with van der Waals surface area (Å²) in [5.41, 5.74) is 0.682. The van der Waals surface area contributed by atoms with Gasteiger partial charge in [0.25, 0.3) is 0 Å². The average Bonchev–Trinajstić information content (AvgIpc) is 2.60. The number of carbonyl (C=O) groups excluding carboxylic acids is 1. The third-order valence-electron chi connectivity index (χ3n) is 4.08. The van der Waals surface area contributed by atoms with Gasteiger partial charge in [0, 0.05) is 12.1 Å². The number of alkyl halides is 3. The van der Waals surface area contributed by atoms with Crippen LogP contribution in [0.4, 0.5) is 5.69 Å². The predicted octanol–water partition coefficient (Wildman–Crippen LogP) is 5.75. The average molecular weight is 438 g/mol. The van der Waals surface area contributed by atoms with Gasteiger partial charge in [-0.1, -0.05) is 80.3 Å². The number of benzene rings is 1. The van der Waals surface area contributed by atoms with E-state index in [0.29, 0.717) is 12.1 Å². The van der Waals surface area contributed by atoms with Gasteiger partial charge in [0.1, 0.15) is 6.17 Å². The lowest BCUT2D eigenvalue weighted by molar-refractivity contribution is -0.121. The van der Waals surface area contributed by atoms with E-state index in [0.717, 1.165) is 19.3 Å². The van der Waals surface area contributed by atoms with Crippen LogP contribution in [0.3, 0.4) is 0 Å². The second-order valence-electron chi connectivity index (χ2n) is 6.44. The molecule has 0 aliphatic heterocycles. The molecule has 1 rings (SSSR count). The van der Waals surface area contributed by atoms with Crippen LogP contribution >= 0.6 is 34.8 Å². The van der Waals surface area contributed by atoms with Crippen molar-refractivity contribution in [2.24, 2.45) is 0 Å². The van der Waals surface area contributed by atoms with Crippen LogP contribution in [0.2, 0.25) is 0 Å². The van der Waals surface area contributed by atoms with Gasteiger partial charge in [-0.3, -0.25) is 4.79 Å². The standard InChI is InChI=1S/C19H27Cl3N2O3/c1-2-3-4-5-6-7-8-9-16(25)24-18(19(20,21)22)23-15-12-10-14(11-13-15)17(26)27/h10-13,18,23H,2-9H2,1H3,(H,24,25)(H,26,27). The van der Waals surface area contributed by atoms with E-state index < -0.39 is 15.9 Å². The summed E-state index contributed by atoms with van der Waals surface area (Å²) in [6.07, 6.45) is 7.24. The molecule has 1 aromatic carbocycles. The molecule has 0 saturated carbocycles. The maximum Gasteiger partial charge on any atom is 0.335 e. The number of rotatable bonds is 12. The van der Waals surface area contributed by atoms with Crippen molar-refractivity contribution in [3.05, 3.63) is 29.8 Å². The van der Waals surface area contributed by atoms with Crippen molar-refractivity contribution in [2.75, 3.05) is 5.32 Å². The summed E-state index contributed by atoms with van der Waals surface area (Å²) in [5, 5.41) is 14.5. The van der Waals surface area contributed by atoms with Gasteiger partial charge >= 0.3 is 5.97 Å². The second kappa shape index (κ2) is 12.3. The summed E-state index contributed by atoms with van der Waals surface area (Å²) in [5.74, 6) is -1.22. The lowest BCUT2D eigenvalue weighted by atomic mass is 10.1. The van der Waals surface area contributed by atoms with Gasteiger partial charge in [-0.05, 0) is 30.7 Å². The number of nitrogens with one attached hydrogen (secondary N) is 2. The van der Waals surface area contributed by atoms with Gasteiger partial charge in [0.15, 0.2) is 0 Å². The minimum atomic E-state index is -1.76. The number of carbonyl (C=O) groups is 2. The van der Waals surface area contributed by atoms with Gasteiger partial charge in [0.2, 0.25) is 9.70 Å². The van der Waals surface area contributed by atoms with Crippen molar-refractivity contribution >= 4 is 52.4 Å². The highest BCUT2D eigenvalue weighted by atomic mass is 35.6. The van der Waals surface area contributed by atoms with E-state index in [4.69, 9.17) is 39.9 Å². The zero-order valence-electron chi connectivity index (χ0n) is 15.4. The van der Waals surface area contributed by atoms with Crippen molar-refractivity contribution in [1.29, 1.82) is 0 Å². The number of unbranched alkanes of at least 4 members (excludes halogenated alkanes) is 6. The first kappa shape index (κ1) is 23.9. The highest BCUT2D eigenvalue weighted by molar-refractivity contribution is 6.68. The first-order chi connectivity index (χ1) is 12.7. The molecule has 0 spiro atoms. The number of carboxylic acid groups (broad SMARTS) is 1. The fraction of sp³-hybridized carbons (Fsp3) is 0.579. The topological polar surface area (TPSA) is 78.4 Å². The number of hydrogen-bond acceptors (Lipinski definition) is 3. The first-order valence-electron chi connectivity index (χ1n) is 9.20. The van der Waals surface area contributed by atoms with Crippen LogP contribution in [-0.2, 0) is 4.79 Å². The van der Waals surface area contributed by atoms with Gasteiger partial charge < -0.3 is 15.7 Å². The van der Waals surface area contributed by atoms with E-state index >= 15 is 0 Å². The lowest BCUT2D eigenvalue weighted by Gasteiger charge is -2.27. The fourth-order valence-electron chi connectivity index (χ4n) is 2.55. The Hall–Kier alpha value is -1.17. The van der Waals surface area contributed by atoms with Crippen LogP contribution in [0.1, 0.15) is 68.6 Å². The number of amides is 1. The number of hydrogen-bond donors (Lipinski definition) is 3. The lowest BCUT2D eigenvalue weighted by Crippen LogP contribution is -2.49. The van der Waals surface area contributed by atoms with Crippen molar-refractivity contribution in [1.82, 2.24) is 5.32 Å². The van der Waals surface area contributed by atoms with Gasteiger partial charge in [-0.15, -0.1) is 0 Å². The molecular formula is C19H27Cl3N2O3. The molecular weight excluding hydrogens is 411 g/mol. The van der Waals surface area contributed by atoms with E-state index in [-0.39, 0.29) is 11.5 Å². The second-order valence-corrected chi connectivity index (χ2v) is 8.81. The molecule has 0 aliphatic carbocycles. The minimum absolute atomic E-state index is 0.147. The van der Waals surface area contributed by atoms with E-state index in [1.165, 1.54) is 37.8 Å². The Bertz CT molecular complexity index is 589. The van der Waals surface area contributed by atoms with Crippen molar-refractivity contribution in [2.45, 2.75) is 68.2 Å². The highest BCUT2D eigenvalue weighted by Crippen LogP contribution is 2.31. The Kier molecular flexibility index (Phi) is 10.9. The molecule has 3 N–H and O–H groups in total. The third-order valence-corrected chi connectivity index (χ3v) is 4.74. The Morgan fingerprint density at radius 2 is 1.56 bits per heavy atom. The van der Waals surface area contributed by atoms with Crippen LogP contribution in [0, 0.1) is 0 Å². The maximum absolute atomic E-state index is 12.2. The minimum Gasteiger partial charge on any atom is -0.478 e. The molecule has 27 heavy (non-hydrogen) atoms. The Morgan fingerprint density at radius 3 is 2.07 bits per heavy atom. The zero-order chi connectivity index (χ0) is 20.3. The molecule has 0 aliphatic rings. The van der Waals surface area contributed by atoms with E-state index in [1.807, 2.05) is 0 Å². The Balaban J connectivity index is 2.48. The SMILES string of the molecule is CCCCCCCCCC(=O)NC(Nc1ccc(C(=O)O)cc1)C(Cl)(Cl)Cl. The fourth-order valence-corrected chi connectivity index (χ4v) is 2.88. The molecule has 1 amide bonds. The summed E-state index contributed by atoms with van der Waals surface area (Å²) >= 11 is 17.9. The molecule has 0 fully saturated rings. The van der Waals surface area contributed by atoms with Crippen LogP contribution in [0.25, 0.3) is 0 Å². The Labute approximate surface area is 175 Å². The van der Waals surface area contributed by atoms with Crippen LogP contribution in [0.5, 0.6) is 0 Å². The molecule has 0 radical (unpaired) electrons. The molecule has 152 valence electrons. The number of carboxylic acids is 1. The number of aromatic carboxylic acids is 1. The van der Waals surface area contributed by atoms with Crippen LogP contribution in [-0.4, -0.2) is 26.9 Å². The predicted molar refractivity (Wildman–Crippen MR) is 112 cm³/mol. The maximum atomic E-state index is 12.2. The molecule has 0 aromatic heterocycles. The molecule has 8 heteroatoms. The first-order valence-corrected chi connectivity index (χ1v) is 10.3. The molecule has 0 saturated heterocycles. The monoisotopic (exact) mass is 436 g/mol. The van der Waals surface area contributed by atoms with Crippen molar-refractivity contribution in [3.63, 3.8) is 0 Å². The van der Waals surface area contributed by atoms with Gasteiger partial charge in [-0.25, -0.2) is 4.79 Å². The normalized spacial score (nSPS) is 12.4. The molecule has 1 aromatic rings. The summed E-state index contributed by atoms with van der Waals surface area (Å²) in [6, 6.07) is 5.96. The summed E-state index contributed by atoms with van der Waals surface area (Å²) in [4.78, 5) is 23.1. The third kappa shape index (κ3) is 10.1. The van der Waals surface area contributed by atoms with E-state index in [1.54, 1.807) is 12.1 Å². The van der Waals surface area contributed by atoms with Crippen molar-refractivity contribution < 1.29 is 14.7 Å². The van der Waals surface area contributed by atoms with Crippen LogP contribution in [0.15, 0.2) is 24.3 Å². The summed E-state index contributed by atoms with van der Waals surface area (Å²) in [7, 11) is 0. The highest BCUT2D eigenvalue weighted by Gasteiger charge is 2.33. The van der Waals surface area contributed by atoms with E-state index in [9.17, 15) is 9.59 Å². The molecule has 5 nitrogen and oxygen atoms in total.